The Kier molecular flexibility index (Phi) is 5.03. The van der Waals surface area contributed by atoms with Gasteiger partial charge in [-0.2, -0.15) is 0 Å². The van der Waals surface area contributed by atoms with Crippen LogP contribution in [-0.4, -0.2) is 49.4 Å². The highest BCUT2D eigenvalue weighted by molar-refractivity contribution is 6.30. The van der Waals surface area contributed by atoms with Crippen molar-refractivity contribution in [2.45, 2.75) is 6.42 Å². The summed E-state index contributed by atoms with van der Waals surface area (Å²) in [5.41, 5.74) is 1.95. The zero-order valence-corrected chi connectivity index (χ0v) is 15.8. The topological polar surface area (TPSA) is 43.9 Å². The first-order valence-electron chi connectivity index (χ1n) is 9.26. The largest absolute Gasteiger partial charge is 0.368 e. The fourth-order valence-electron chi connectivity index (χ4n) is 3.85. The number of amides is 2. The summed E-state index contributed by atoms with van der Waals surface area (Å²) in [5, 5.41) is 0.719. The van der Waals surface area contributed by atoms with E-state index in [2.05, 4.69) is 4.90 Å². The SMILES string of the molecule is O=C([C@@H]1CC(=O)N(c2ccccc2)C1)N1CCN(c2cccc(Cl)c2)CC1. The molecule has 1 atom stereocenters. The molecule has 27 heavy (non-hydrogen) atoms. The van der Waals surface area contributed by atoms with E-state index in [9.17, 15) is 9.59 Å². The predicted molar refractivity (Wildman–Crippen MR) is 107 cm³/mol. The second kappa shape index (κ2) is 7.61. The van der Waals surface area contributed by atoms with Crippen LogP contribution >= 0.6 is 11.6 Å². The first-order valence-corrected chi connectivity index (χ1v) is 9.64. The summed E-state index contributed by atoms with van der Waals surface area (Å²) in [5.74, 6) is -0.139. The van der Waals surface area contributed by atoms with Crippen LogP contribution in [-0.2, 0) is 9.59 Å². The van der Waals surface area contributed by atoms with Crippen LogP contribution in [0.15, 0.2) is 54.6 Å². The highest BCUT2D eigenvalue weighted by atomic mass is 35.5. The molecule has 2 fully saturated rings. The highest BCUT2D eigenvalue weighted by Crippen LogP contribution is 2.27. The number of hydrogen-bond acceptors (Lipinski definition) is 3. The van der Waals surface area contributed by atoms with Gasteiger partial charge < -0.3 is 14.7 Å². The molecule has 2 aliphatic rings. The number of rotatable bonds is 3. The average Bonchev–Trinajstić information content (AvgIpc) is 3.10. The van der Waals surface area contributed by atoms with Crippen LogP contribution in [0.4, 0.5) is 11.4 Å². The Morgan fingerprint density at radius 2 is 1.63 bits per heavy atom. The molecule has 2 aromatic rings. The fraction of sp³-hybridized carbons (Fsp3) is 0.333. The van der Waals surface area contributed by atoms with Crippen molar-refractivity contribution in [2.75, 3.05) is 42.5 Å². The smallest absolute Gasteiger partial charge is 0.228 e. The van der Waals surface area contributed by atoms with Crippen molar-refractivity contribution >= 4 is 34.8 Å². The first kappa shape index (κ1) is 17.9. The second-order valence-electron chi connectivity index (χ2n) is 7.03. The van der Waals surface area contributed by atoms with Crippen LogP contribution in [0.2, 0.25) is 5.02 Å². The third-order valence-corrected chi connectivity index (χ3v) is 5.54. The van der Waals surface area contributed by atoms with Crippen molar-refractivity contribution in [1.82, 2.24) is 4.90 Å². The summed E-state index contributed by atoms with van der Waals surface area (Å²) in [6.45, 7) is 3.35. The van der Waals surface area contributed by atoms with Crippen molar-refractivity contribution in [3.63, 3.8) is 0 Å². The maximum atomic E-state index is 12.9. The van der Waals surface area contributed by atoms with E-state index >= 15 is 0 Å². The Hall–Kier alpha value is -2.53. The van der Waals surface area contributed by atoms with E-state index in [0.29, 0.717) is 26.1 Å². The van der Waals surface area contributed by atoms with E-state index < -0.39 is 0 Å². The molecule has 2 amide bonds. The van der Waals surface area contributed by atoms with Crippen molar-refractivity contribution in [3.8, 4) is 0 Å². The maximum Gasteiger partial charge on any atom is 0.228 e. The number of carbonyl (C=O) groups excluding carboxylic acids is 2. The molecule has 140 valence electrons. The highest BCUT2D eigenvalue weighted by Gasteiger charge is 2.37. The zero-order valence-electron chi connectivity index (χ0n) is 15.1. The van der Waals surface area contributed by atoms with Gasteiger partial charge in [0.2, 0.25) is 11.8 Å². The summed E-state index contributed by atoms with van der Waals surface area (Å²) in [6.07, 6.45) is 0.294. The lowest BCUT2D eigenvalue weighted by atomic mass is 10.1. The number of benzene rings is 2. The maximum absolute atomic E-state index is 12.9. The molecule has 2 heterocycles. The van der Waals surface area contributed by atoms with E-state index in [4.69, 9.17) is 11.6 Å². The molecule has 0 saturated carbocycles. The van der Waals surface area contributed by atoms with Crippen LogP contribution in [0.3, 0.4) is 0 Å². The van der Waals surface area contributed by atoms with E-state index in [1.807, 2.05) is 59.5 Å². The molecule has 0 spiro atoms. The molecule has 2 saturated heterocycles. The molecule has 0 unspecified atom stereocenters. The van der Waals surface area contributed by atoms with Crippen molar-refractivity contribution in [1.29, 1.82) is 0 Å². The standard InChI is InChI=1S/C21H22ClN3O2/c22-17-5-4-8-19(14-17)23-9-11-24(12-10-23)21(27)16-13-20(26)25(15-16)18-6-2-1-3-7-18/h1-8,14,16H,9-13,15H2/t16-/m1/s1. The quantitative estimate of drug-likeness (QED) is 0.818. The summed E-state index contributed by atoms with van der Waals surface area (Å²) >= 11 is 6.08. The third-order valence-electron chi connectivity index (χ3n) is 5.31. The van der Waals surface area contributed by atoms with Crippen LogP contribution in [0.25, 0.3) is 0 Å². The van der Waals surface area contributed by atoms with E-state index in [-0.39, 0.29) is 17.7 Å². The molecule has 2 aliphatic heterocycles. The van der Waals surface area contributed by atoms with E-state index in [1.165, 1.54) is 0 Å². The van der Waals surface area contributed by atoms with Crippen molar-refractivity contribution in [3.05, 3.63) is 59.6 Å². The Balaban J connectivity index is 1.36. The van der Waals surface area contributed by atoms with Gasteiger partial charge in [0.25, 0.3) is 0 Å². The molecule has 5 nitrogen and oxygen atoms in total. The van der Waals surface area contributed by atoms with E-state index in [0.717, 1.165) is 29.5 Å². The van der Waals surface area contributed by atoms with Crippen LogP contribution in [0, 0.1) is 5.92 Å². The van der Waals surface area contributed by atoms with Gasteiger partial charge in [0.15, 0.2) is 0 Å². The molecular formula is C21H22ClN3O2. The Bertz CT molecular complexity index is 834. The number of nitrogens with zero attached hydrogens (tertiary/aromatic N) is 3. The lowest BCUT2D eigenvalue weighted by Gasteiger charge is -2.37. The molecule has 2 aromatic carbocycles. The minimum absolute atomic E-state index is 0.0251. The van der Waals surface area contributed by atoms with Gasteiger partial charge in [-0.05, 0) is 30.3 Å². The van der Waals surface area contributed by atoms with Gasteiger partial charge in [-0.1, -0.05) is 35.9 Å². The van der Waals surface area contributed by atoms with Gasteiger partial charge in [0.05, 0.1) is 5.92 Å². The Morgan fingerprint density at radius 1 is 0.926 bits per heavy atom. The van der Waals surface area contributed by atoms with Gasteiger partial charge in [0.1, 0.15) is 0 Å². The molecular weight excluding hydrogens is 362 g/mol. The number of para-hydroxylation sites is 1. The van der Waals surface area contributed by atoms with Gasteiger partial charge in [-0.25, -0.2) is 0 Å². The number of carbonyl (C=O) groups is 2. The molecule has 6 heteroatoms. The summed E-state index contributed by atoms with van der Waals surface area (Å²) in [4.78, 5) is 31.2. The predicted octanol–water partition coefficient (Wildman–Crippen LogP) is 3.04. The average molecular weight is 384 g/mol. The third kappa shape index (κ3) is 3.78. The molecule has 0 N–H and O–H groups in total. The number of hydrogen-bond donors (Lipinski definition) is 0. The monoisotopic (exact) mass is 383 g/mol. The van der Waals surface area contributed by atoms with Gasteiger partial charge in [-0.15, -0.1) is 0 Å². The van der Waals surface area contributed by atoms with Gasteiger partial charge in [0, 0.05) is 55.5 Å². The summed E-state index contributed by atoms with van der Waals surface area (Å²) < 4.78 is 0. The van der Waals surface area contributed by atoms with Crippen molar-refractivity contribution < 1.29 is 9.59 Å². The van der Waals surface area contributed by atoms with Crippen molar-refractivity contribution in [2.24, 2.45) is 5.92 Å². The number of halogens is 1. The molecule has 0 bridgehead atoms. The first-order chi connectivity index (χ1) is 13.1. The van der Waals surface area contributed by atoms with Gasteiger partial charge in [-0.3, -0.25) is 9.59 Å². The fourth-order valence-corrected chi connectivity index (χ4v) is 4.03. The van der Waals surface area contributed by atoms with Crippen LogP contribution < -0.4 is 9.80 Å². The summed E-state index contributed by atoms with van der Waals surface area (Å²) in [6, 6.07) is 17.4. The minimum atomic E-state index is -0.254. The summed E-state index contributed by atoms with van der Waals surface area (Å²) in [7, 11) is 0. The lowest BCUT2D eigenvalue weighted by Crippen LogP contribution is -2.50. The normalized spacial score (nSPS) is 20.3. The Labute approximate surface area is 164 Å². The number of piperazine rings is 1. The van der Waals surface area contributed by atoms with Crippen LogP contribution in [0.5, 0.6) is 0 Å². The Morgan fingerprint density at radius 3 is 2.33 bits per heavy atom. The lowest BCUT2D eigenvalue weighted by molar-refractivity contribution is -0.136. The number of anilines is 2. The molecule has 0 aliphatic carbocycles. The molecule has 0 radical (unpaired) electrons. The van der Waals surface area contributed by atoms with E-state index in [1.54, 1.807) is 4.90 Å². The molecule has 0 aromatic heterocycles. The van der Waals surface area contributed by atoms with Gasteiger partial charge >= 0.3 is 0 Å². The zero-order chi connectivity index (χ0) is 18.8. The van der Waals surface area contributed by atoms with Crippen LogP contribution in [0.1, 0.15) is 6.42 Å². The second-order valence-corrected chi connectivity index (χ2v) is 7.47. The minimum Gasteiger partial charge on any atom is -0.368 e. The molecule has 4 rings (SSSR count).